The van der Waals surface area contributed by atoms with Crippen molar-refractivity contribution in [3.63, 3.8) is 0 Å². The van der Waals surface area contributed by atoms with Gasteiger partial charge in [0.1, 0.15) is 5.75 Å². The Morgan fingerprint density at radius 3 is 2.86 bits per heavy atom. The number of imide groups is 1. The summed E-state index contributed by atoms with van der Waals surface area (Å²) in [6, 6.07) is 4.36. The molecule has 1 heterocycles. The standard InChI is InChI=1S/C15H17ClN2O3/c1-8-11(3-2-4-13(8)19)18-12-7-9(16)5-6-10(12)14(20)17-15(18)21/h2-4,9-10,12,19H,5-7H2,1H3,(H,17,20,21). The second-order valence-electron chi connectivity index (χ2n) is 5.67. The van der Waals surface area contributed by atoms with Gasteiger partial charge in [-0.2, -0.15) is 0 Å². The maximum atomic E-state index is 12.3. The maximum Gasteiger partial charge on any atom is 0.328 e. The summed E-state index contributed by atoms with van der Waals surface area (Å²) in [5.41, 5.74) is 1.25. The summed E-state index contributed by atoms with van der Waals surface area (Å²) >= 11 is 6.24. The third-order valence-electron chi connectivity index (χ3n) is 4.41. The fourth-order valence-electron chi connectivity index (χ4n) is 3.26. The van der Waals surface area contributed by atoms with Gasteiger partial charge in [0.25, 0.3) is 0 Å². The van der Waals surface area contributed by atoms with Crippen LogP contribution in [0.1, 0.15) is 24.8 Å². The Kier molecular flexibility index (Phi) is 3.53. The van der Waals surface area contributed by atoms with Gasteiger partial charge >= 0.3 is 6.03 Å². The van der Waals surface area contributed by atoms with Gasteiger partial charge in [-0.05, 0) is 38.3 Å². The molecule has 3 unspecified atom stereocenters. The number of benzene rings is 1. The highest BCUT2D eigenvalue weighted by Crippen LogP contribution is 2.38. The van der Waals surface area contributed by atoms with Crippen molar-refractivity contribution in [2.24, 2.45) is 5.92 Å². The number of rotatable bonds is 1. The predicted octanol–water partition coefficient (Wildman–Crippen LogP) is 2.53. The lowest BCUT2D eigenvalue weighted by Crippen LogP contribution is -2.62. The van der Waals surface area contributed by atoms with Crippen LogP contribution in [0.4, 0.5) is 10.5 Å². The van der Waals surface area contributed by atoms with E-state index in [1.54, 1.807) is 30.0 Å². The molecule has 112 valence electrons. The van der Waals surface area contributed by atoms with Crippen LogP contribution in [0.25, 0.3) is 0 Å². The van der Waals surface area contributed by atoms with Gasteiger partial charge in [-0.3, -0.25) is 15.0 Å². The molecule has 0 spiro atoms. The molecule has 2 aliphatic rings. The van der Waals surface area contributed by atoms with E-state index in [0.717, 1.165) is 6.42 Å². The summed E-state index contributed by atoms with van der Waals surface area (Å²) in [5.74, 6) is -0.325. The van der Waals surface area contributed by atoms with E-state index in [1.807, 2.05) is 0 Å². The molecule has 1 saturated heterocycles. The van der Waals surface area contributed by atoms with Crippen molar-refractivity contribution in [1.29, 1.82) is 0 Å². The lowest BCUT2D eigenvalue weighted by Gasteiger charge is -2.44. The molecule has 5 nitrogen and oxygen atoms in total. The van der Waals surface area contributed by atoms with Gasteiger partial charge in [-0.15, -0.1) is 11.6 Å². The third-order valence-corrected chi connectivity index (χ3v) is 4.80. The van der Waals surface area contributed by atoms with E-state index in [4.69, 9.17) is 11.6 Å². The molecule has 1 aliphatic carbocycles. The van der Waals surface area contributed by atoms with Crippen molar-refractivity contribution in [2.75, 3.05) is 4.90 Å². The minimum atomic E-state index is -0.444. The highest BCUT2D eigenvalue weighted by molar-refractivity contribution is 6.21. The Bertz CT molecular complexity index is 605. The number of carbonyl (C=O) groups is 2. The first-order chi connectivity index (χ1) is 9.99. The molecule has 1 saturated carbocycles. The van der Waals surface area contributed by atoms with Crippen LogP contribution >= 0.6 is 11.6 Å². The first-order valence-corrected chi connectivity index (χ1v) is 7.49. The van der Waals surface area contributed by atoms with E-state index in [0.29, 0.717) is 24.1 Å². The molecule has 0 radical (unpaired) electrons. The number of phenolic OH excluding ortho intramolecular Hbond substituents is 1. The second kappa shape index (κ2) is 5.22. The van der Waals surface area contributed by atoms with E-state index < -0.39 is 6.03 Å². The van der Waals surface area contributed by atoms with Crippen LogP contribution in [-0.2, 0) is 4.79 Å². The van der Waals surface area contributed by atoms with Crippen molar-refractivity contribution < 1.29 is 14.7 Å². The maximum absolute atomic E-state index is 12.3. The Balaban J connectivity index is 2.04. The lowest BCUT2D eigenvalue weighted by atomic mass is 9.81. The van der Waals surface area contributed by atoms with E-state index in [9.17, 15) is 14.7 Å². The summed E-state index contributed by atoms with van der Waals surface area (Å²) in [5, 5.41) is 12.2. The van der Waals surface area contributed by atoms with Crippen molar-refractivity contribution in [3.8, 4) is 5.75 Å². The van der Waals surface area contributed by atoms with Crippen LogP contribution in [0.2, 0.25) is 0 Å². The number of hydrogen-bond acceptors (Lipinski definition) is 3. The van der Waals surface area contributed by atoms with Crippen molar-refractivity contribution in [2.45, 2.75) is 37.6 Å². The molecule has 21 heavy (non-hydrogen) atoms. The molecular formula is C15H17ClN2O3. The Labute approximate surface area is 127 Å². The molecule has 1 aromatic carbocycles. The van der Waals surface area contributed by atoms with Gasteiger partial charge in [0.05, 0.1) is 17.6 Å². The number of fused-ring (bicyclic) bond motifs is 1. The molecule has 2 N–H and O–H groups in total. The van der Waals surface area contributed by atoms with Crippen LogP contribution in [-0.4, -0.2) is 28.5 Å². The van der Waals surface area contributed by atoms with Crippen molar-refractivity contribution in [1.82, 2.24) is 5.32 Å². The molecule has 1 aliphatic heterocycles. The highest BCUT2D eigenvalue weighted by atomic mass is 35.5. The average molecular weight is 309 g/mol. The van der Waals surface area contributed by atoms with Gasteiger partial charge in [0, 0.05) is 10.9 Å². The molecule has 3 amide bonds. The van der Waals surface area contributed by atoms with Gasteiger partial charge in [0.2, 0.25) is 5.91 Å². The fraction of sp³-hybridized carbons (Fsp3) is 0.467. The average Bonchev–Trinajstić information content (AvgIpc) is 2.43. The highest BCUT2D eigenvalue weighted by Gasteiger charge is 2.45. The Morgan fingerprint density at radius 2 is 2.10 bits per heavy atom. The Hall–Kier alpha value is -1.75. The first-order valence-electron chi connectivity index (χ1n) is 7.05. The molecule has 0 aromatic heterocycles. The number of halogens is 1. The van der Waals surface area contributed by atoms with Crippen LogP contribution in [0.5, 0.6) is 5.75 Å². The summed E-state index contributed by atoms with van der Waals surface area (Å²) in [7, 11) is 0. The molecule has 3 atom stereocenters. The minimum Gasteiger partial charge on any atom is -0.508 e. The molecule has 2 fully saturated rings. The number of alkyl halides is 1. The van der Waals surface area contributed by atoms with E-state index in [1.165, 1.54) is 0 Å². The molecule has 1 aromatic rings. The zero-order valence-electron chi connectivity index (χ0n) is 11.7. The monoisotopic (exact) mass is 308 g/mol. The number of hydrogen-bond donors (Lipinski definition) is 2. The summed E-state index contributed by atoms with van der Waals surface area (Å²) in [4.78, 5) is 25.9. The fourth-order valence-corrected chi connectivity index (χ4v) is 3.57. The van der Waals surface area contributed by atoms with E-state index in [2.05, 4.69) is 5.32 Å². The number of nitrogens with one attached hydrogen (secondary N) is 1. The normalized spacial score (nSPS) is 29.0. The molecule has 6 heteroatoms. The Morgan fingerprint density at radius 1 is 1.33 bits per heavy atom. The number of urea groups is 1. The number of phenols is 1. The zero-order chi connectivity index (χ0) is 15.1. The topological polar surface area (TPSA) is 69.6 Å². The number of anilines is 1. The second-order valence-corrected chi connectivity index (χ2v) is 6.29. The first kappa shape index (κ1) is 14.2. The van der Waals surface area contributed by atoms with Gasteiger partial charge in [-0.1, -0.05) is 6.07 Å². The quantitative estimate of drug-likeness (QED) is 0.783. The number of aromatic hydroxyl groups is 1. The number of carbonyl (C=O) groups excluding carboxylic acids is 2. The zero-order valence-corrected chi connectivity index (χ0v) is 12.4. The van der Waals surface area contributed by atoms with Gasteiger partial charge in [0.15, 0.2) is 0 Å². The number of amides is 3. The lowest BCUT2D eigenvalue weighted by molar-refractivity contribution is -0.126. The van der Waals surface area contributed by atoms with Crippen LogP contribution < -0.4 is 10.2 Å². The number of nitrogens with zero attached hydrogens (tertiary/aromatic N) is 1. The molecule has 3 rings (SSSR count). The third kappa shape index (κ3) is 2.35. The van der Waals surface area contributed by atoms with Crippen LogP contribution in [0.15, 0.2) is 18.2 Å². The summed E-state index contributed by atoms with van der Waals surface area (Å²) in [6.07, 6.45) is 2.03. The van der Waals surface area contributed by atoms with Gasteiger partial charge < -0.3 is 5.11 Å². The van der Waals surface area contributed by atoms with Crippen molar-refractivity contribution >= 4 is 29.2 Å². The molecule has 0 bridgehead atoms. The van der Waals surface area contributed by atoms with Crippen LogP contribution in [0.3, 0.4) is 0 Å². The predicted molar refractivity (Wildman–Crippen MR) is 79.6 cm³/mol. The summed E-state index contributed by atoms with van der Waals surface area (Å²) < 4.78 is 0. The van der Waals surface area contributed by atoms with E-state index >= 15 is 0 Å². The molecular weight excluding hydrogens is 292 g/mol. The van der Waals surface area contributed by atoms with Crippen LogP contribution in [0, 0.1) is 12.8 Å². The summed E-state index contributed by atoms with van der Waals surface area (Å²) in [6.45, 7) is 1.75. The smallest absolute Gasteiger partial charge is 0.328 e. The van der Waals surface area contributed by atoms with Crippen molar-refractivity contribution in [3.05, 3.63) is 23.8 Å². The van der Waals surface area contributed by atoms with E-state index in [-0.39, 0.29) is 29.0 Å². The SMILES string of the molecule is Cc1c(O)cccc1N1C(=O)NC(=O)C2CCC(Cl)CC21. The van der Waals surface area contributed by atoms with Gasteiger partial charge in [-0.25, -0.2) is 4.79 Å². The minimum absolute atomic E-state index is 0.0370. The largest absolute Gasteiger partial charge is 0.508 e.